The van der Waals surface area contributed by atoms with E-state index in [-0.39, 0.29) is 34.1 Å². The molecule has 0 aromatic carbocycles. The van der Waals surface area contributed by atoms with Crippen LogP contribution in [0.4, 0.5) is 0 Å². The molecule has 4 aliphatic rings. The second-order valence-electron chi connectivity index (χ2n) is 6.48. The van der Waals surface area contributed by atoms with Crippen molar-refractivity contribution in [3.63, 3.8) is 0 Å². The van der Waals surface area contributed by atoms with Crippen molar-refractivity contribution in [2.75, 3.05) is 27.2 Å². The van der Waals surface area contributed by atoms with Crippen LogP contribution < -0.4 is 5.73 Å². The highest BCUT2D eigenvalue weighted by molar-refractivity contribution is 9.09. The van der Waals surface area contributed by atoms with E-state index in [4.69, 9.17) is 10.5 Å². The molecule has 0 aromatic heterocycles. The number of ketones is 2. The molecule has 1 aliphatic carbocycles. The van der Waals surface area contributed by atoms with Gasteiger partial charge in [0.05, 0.1) is 28.2 Å². The Balaban J connectivity index is 1.95. The van der Waals surface area contributed by atoms with Crippen LogP contribution in [-0.2, 0) is 14.3 Å². The molecular formula is C15H18BrN3O3. The van der Waals surface area contributed by atoms with Gasteiger partial charge in [-0.25, -0.2) is 0 Å². The minimum atomic E-state index is -0.649. The number of ether oxygens (including phenoxy) is 1. The van der Waals surface area contributed by atoms with Crippen LogP contribution in [0.1, 0.15) is 6.92 Å². The summed E-state index contributed by atoms with van der Waals surface area (Å²) in [5.74, 6) is -0.489. The predicted molar refractivity (Wildman–Crippen MR) is 83.0 cm³/mol. The predicted octanol–water partition coefficient (Wildman–Crippen LogP) is -0.00940. The summed E-state index contributed by atoms with van der Waals surface area (Å²) < 4.78 is 5.96. The number of alkyl halides is 1. The number of hydrogen-bond acceptors (Lipinski definition) is 6. The number of allylic oxidation sites excluding steroid dienone is 2. The molecule has 0 unspecified atom stereocenters. The number of carbonyl (C=O) groups is 2. The average Bonchev–Trinajstić information content (AvgIpc) is 3.04. The molecule has 2 saturated heterocycles. The van der Waals surface area contributed by atoms with Gasteiger partial charge in [0.1, 0.15) is 0 Å². The topological polar surface area (TPSA) is 75.9 Å². The van der Waals surface area contributed by atoms with Crippen LogP contribution in [-0.4, -0.2) is 65.2 Å². The number of rotatable bonds is 1. The third-order valence-electron chi connectivity index (χ3n) is 5.64. The summed E-state index contributed by atoms with van der Waals surface area (Å²) in [7, 11) is 3.69. The molecule has 4 rings (SSSR count). The molecule has 7 heteroatoms. The number of hydrogen-bond donors (Lipinski definition) is 1. The fourth-order valence-electron chi connectivity index (χ4n) is 4.73. The van der Waals surface area contributed by atoms with Crippen molar-refractivity contribution in [3.05, 3.63) is 22.5 Å². The lowest BCUT2D eigenvalue weighted by Gasteiger charge is -2.37. The third-order valence-corrected chi connectivity index (χ3v) is 6.43. The lowest BCUT2D eigenvalue weighted by Crippen LogP contribution is -2.52. The van der Waals surface area contributed by atoms with Gasteiger partial charge in [-0.05, 0) is 14.0 Å². The lowest BCUT2D eigenvalue weighted by molar-refractivity contribution is -0.125. The maximum Gasteiger partial charge on any atom is 0.207 e. The number of fused-ring (bicyclic) bond motifs is 2. The summed E-state index contributed by atoms with van der Waals surface area (Å²) in [5.41, 5.74) is 6.71. The second-order valence-corrected chi connectivity index (χ2v) is 7.65. The Morgan fingerprint density at radius 2 is 2.00 bits per heavy atom. The summed E-state index contributed by atoms with van der Waals surface area (Å²) in [6.07, 6.45) is 0. The summed E-state index contributed by atoms with van der Waals surface area (Å²) in [6.45, 7) is 2.95. The summed E-state index contributed by atoms with van der Waals surface area (Å²) >= 11 is 3.72. The number of likely N-dealkylation sites (N-methyl/N-ethyl adjacent to an activating group) is 1. The second kappa shape index (κ2) is 4.21. The minimum Gasteiger partial charge on any atom is -0.395 e. The van der Waals surface area contributed by atoms with Crippen molar-refractivity contribution in [2.45, 2.75) is 23.5 Å². The first-order valence-corrected chi connectivity index (χ1v) is 8.24. The Labute approximate surface area is 137 Å². The van der Waals surface area contributed by atoms with Crippen molar-refractivity contribution in [1.29, 1.82) is 0 Å². The Kier molecular flexibility index (Phi) is 2.76. The van der Waals surface area contributed by atoms with Gasteiger partial charge in [-0.15, -0.1) is 0 Å². The maximum atomic E-state index is 12.8. The van der Waals surface area contributed by atoms with Gasteiger partial charge >= 0.3 is 0 Å². The van der Waals surface area contributed by atoms with Crippen LogP contribution in [0.3, 0.4) is 0 Å². The van der Waals surface area contributed by atoms with Crippen LogP contribution in [0, 0.1) is 5.92 Å². The van der Waals surface area contributed by atoms with Crippen molar-refractivity contribution < 1.29 is 14.3 Å². The third kappa shape index (κ3) is 1.30. The van der Waals surface area contributed by atoms with Gasteiger partial charge in [0, 0.05) is 31.3 Å². The zero-order valence-corrected chi connectivity index (χ0v) is 14.3. The van der Waals surface area contributed by atoms with Crippen LogP contribution in [0.5, 0.6) is 0 Å². The molecule has 2 N–H and O–H groups in total. The first-order chi connectivity index (χ1) is 10.4. The Morgan fingerprint density at radius 1 is 1.32 bits per heavy atom. The van der Waals surface area contributed by atoms with E-state index >= 15 is 0 Å². The Hall–Kier alpha value is -1.18. The zero-order chi connectivity index (χ0) is 16.0. The quantitative estimate of drug-likeness (QED) is 0.519. The summed E-state index contributed by atoms with van der Waals surface area (Å²) in [6, 6.07) is 0.0928. The minimum absolute atomic E-state index is 0.0812. The highest BCUT2D eigenvalue weighted by Crippen LogP contribution is 2.57. The van der Waals surface area contributed by atoms with Gasteiger partial charge in [-0.2, -0.15) is 0 Å². The fourth-order valence-corrected chi connectivity index (χ4v) is 5.80. The largest absolute Gasteiger partial charge is 0.395 e. The van der Waals surface area contributed by atoms with Crippen LogP contribution in [0.2, 0.25) is 0 Å². The summed E-state index contributed by atoms with van der Waals surface area (Å²) in [5, 5.41) is 0. The average molecular weight is 368 g/mol. The van der Waals surface area contributed by atoms with E-state index in [0.29, 0.717) is 29.9 Å². The van der Waals surface area contributed by atoms with E-state index in [1.165, 1.54) is 0 Å². The number of nitrogens with zero attached hydrogens (tertiary/aromatic N) is 2. The van der Waals surface area contributed by atoms with Gasteiger partial charge in [0.15, 0.2) is 5.72 Å². The number of halogens is 1. The highest BCUT2D eigenvalue weighted by Gasteiger charge is 2.71. The molecule has 6 nitrogen and oxygen atoms in total. The molecule has 3 heterocycles. The molecule has 0 amide bonds. The van der Waals surface area contributed by atoms with Gasteiger partial charge in [-0.1, -0.05) is 15.9 Å². The van der Waals surface area contributed by atoms with Crippen molar-refractivity contribution in [1.82, 2.24) is 9.80 Å². The van der Waals surface area contributed by atoms with Crippen LogP contribution in [0.15, 0.2) is 22.5 Å². The molecule has 0 aromatic rings. The molecule has 22 heavy (non-hydrogen) atoms. The van der Waals surface area contributed by atoms with E-state index in [2.05, 4.69) is 20.8 Å². The first-order valence-electron chi connectivity index (χ1n) is 7.33. The fraction of sp³-hybridized carbons (Fsp3) is 0.600. The van der Waals surface area contributed by atoms with E-state index in [1.54, 1.807) is 14.0 Å². The van der Waals surface area contributed by atoms with E-state index in [9.17, 15) is 9.59 Å². The smallest absolute Gasteiger partial charge is 0.207 e. The van der Waals surface area contributed by atoms with Crippen molar-refractivity contribution >= 4 is 27.5 Å². The van der Waals surface area contributed by atoms with E-state index in [1.807, 2.05) is 11.9 Å². The lowest BCUT2D eigenvalue weighted by atomic mass is 9.83. The number of methoxy groups -OCH3 is 1. The van der Waals surface area contributed by atoms with E-state index in [0.717, 1.165) is 0 Å². The molecular weight excluding hydrogens is 350 g/mol. The molecule has 0 spiro atoms. The SMILES string of the molecule is CO[C@]12[C@@H]3CN(C)[C@H]1[C@H](Br)CN2C1=C3C(=O)C(N)=C(C)C1=O. The van der Waals surface area contributed by atoms with Gasteiger partial charge in [0.2, 0.25) is 11.6 Å². The molecule has 3 aliphatic heterocycles. The van der Waals surface area contributed by atoms with Gasteiger partial charge < -0.3 is 15.4 Å². The van der Waals surface area contributed by atoms with Crippen molar-refractivity contribution in [2.24, 2.45) is 11.7 Å². The number of carbonyl (C=O) groups excluding carboxylic acids is 2. The molecule has 118 valence electrons. The number of Topliss-reactive ketones (excluding diaryl/α,β-unsaturated/α-hetero) is 2. The molecule has 4 atom stereocenters. The highest BCUT2D eigenvalue weighted by atomic mass is 79.9. The van der Waals surface area contributed by atoms with E-state index < -0.39 is 5.72 Å². The number of likely N-dealkylation sites (tertiary alicyclic amines) is 1. The van der Waals surface area contributed by atoms with Crippen molar-refractivity contribution in [3.8, 4) is 0 Å². The van der Waals surface area contributed by atoms with Crippen LogP contribution in [0.25, 0.3) is 0 Å². The molecule has 0 bridgehead atoms. The van der Waals surface area contributed by atoms with Gasteiger partial charge in [-0.3, -0.25) is 14.5 Å². The Morgan fingerprint density at radius 3 is 2.64 bits per heavy atom. The monoisotopic (exact) mass is 367 g/mol. The molecule has 0 radical (unpaired) electrons. The standard InChI is InChI=1S/C15H18BrN3O3/c1-6-10(17)13(21)9-7-4-18(2)14-8(16)5-19(11(9)12(6)20)15(7,14)22-3/h7-8,14H,4-5,17H2,1-3H3/t7-,8-,14+,15-/m1/s1. The van der Waals surface area contributed by atoms with Crippen LogP contribution >= 0.6 is 15.9 Å². The van der Waals surface area contributed by atoms with Gasteiger partial charge in [0.25, 0.3) is 0 Å². The number of nitrogens with two attached hydrogens (primary N) is 1. The Bertz CT molecular complexity index is 634. The molecule has 2 fully saturated rings. The molecule has 0 saturated carbocycles. The maximum absolute atomic E-state index is 12.8. The summed E-state index contributed by atoms with van der Waals surface area (Å²) in [4.78, 5) is 29.9. The zero-order valence-electron chi connectivity index (χ0n) is 12.7. The normalized spacial score (nSPS) is 40.9. The first kappa shape index (κ1) is 14.4.